The fourth-order valence-corrected chi connectivity index (χ4v) is 1.86. The first-order valence-electron chi connectivity index (χ1n) is 5.16. The first kappa shape index (κ1) is 12.0. The molecule has 1 heterocycles. The molecule has 0 saturated carbocycles. The molecule has 0 bridgehead atoms. The van der Waals surface area contributed by atoms with Gasteiger partial charge in [0.05, 0.1) is 18.7 Å². The van der Waals surface area contributed by atoms with Gasteiger partial charge in [-0.3, -0.25) is 0 Å². The molecule has 0 atom stereocenters. The number of halogens is 1. The quantitative estimate of drug-likeness (QED) is 0.912. The number of oxazole rings is 1. The van der Waals surface area contributed by atoms with Crippen LogP contribution in [0.25, 0.3) is 11.3 Å². The van der Waals surface area contributed by atoms with Crippen molar-refractivity contribution in [1.82, 2.24) is 4.98 Å². The maximum atomic E-state index is 6.17. The van der Waals surface area contributed by atoms with E-state index in [9.17, 15) is 0 Å². The van der Waals surface area contributed by atoms with E-state index >= 15 is 0 Å². The smallest absolute Gasteiger partial charge is 0.208 e. The van der Waals surface area contributed by atoms with Crippen molar-refractivity contribution in [3.63, 3.8) is 0 Å². The number of hydrogen-bond donors (Lipinski definition) is 1. The molecule has 0 aliphatic heterocycles. The van der Waals surface area contributed by atoms with Gasteiger partial charge in [-0.25, -0.2) is 4.98 Å². The van der Waals surface area contributed by atoms with Crippen LogP contribution >= 0.6 is 11.6 Å². The van der Waals surface area contributed by atoms with Crippen molar-refractivity contribution in [2.45, 2.75) is 13.5 Å². The second kappa shape index (κ2) is 4.77. The van der Waals surface area contributed by atoms with Gasteiger partial charge in [0.15, 0.2) is 0 Å². The van der Waals surface area contributed by atoms with Crippen molar-refractivity contribution < 1.29 is 9.15 Å². The standard InChI is InChI=1S/C12H13ClN2O2/c1-7-12(15-11(6-14)17-7)9-4-3-8(16-2)5-10(9)13/h3-5H,6,14H2,1-2H3. The van der Waals surface area contributed by atoms with Crippen molar-refractivity contribution in [1.29, 1.82) is 0 Å². The van der Waals surface area contributed by atoms with Crippen molar-refractivity contribution in [2.24, 2.45) is 5.73 Å². The molecular formula is C12H13ClN2O2. The fraction of sp³-hybridized carbons (Fsp3) is 0.250. The molecule has 2 N–H and O–H groups in total. The molecule has 0 unspecified atom stereocenters. The first-order chi connectivity index (χ1) is 8.15. The summed E-state index contributed by atoms with van der Waals surface area (Å²) in [6, 6.07) is 5.43. The molecule has 0 saturated heterocycles. The van der Waals surface area contributed by atoms with Gasteiger partial charge in [-0.05, 0) is 25.1 Å². The lowest BCUT2D eigenvalue weighted by atomic mass is 10.1. The molecule has 90 valence electrons. The van der Waals surface area contributed by atoms with E-state index in [1.54, 1.807) is 13.2 Å². The molecule has 4 nitrogen and oxygen atoms in total. The molecular weight excluding hydrogens is 240 g/mol. The highest BCUT2D eigenvalue weighted by Crippen LogP contribution is 2.32. The second-order valence-corrected chi connectivity index (χ2v) is 3.97. The Morgan fingerprint density at radius 3 is 2.76 bits per heavy atom. The zero-order valence-corrected chi connectivity index (χ0v) is 10.4. The molecule has 1 aromatic heterocycles. The lowest BCUT2D eigenvalue weighted by Gasteiger charge is -2.04. The summed E-state index contributed by atoms with van der Waals surface area (Å²) < 4.78 is 10.5. The molecule has 0 radical (unpaired) electrons. The zero-order chi connectivity index (χ0) is 12.4. The topological polar surface area (TPSA) is 61.3 Å². The Balaban J connectivity index is 2.48. The Morgan fingerprint density at radius 1 is 1.47 bits per heavy atom. The SMILES string of the molecule is COc1ccc(-c2nc(CN)oc2C)c(Cl)c1. The molecule has 0 spiro atoms. The van der Waals surface area contributed by atoms with Gasteiger partial charge in [-0.15, -0.1) is 0 Å². The lowest BCUT2D eigenvalue weighted by Crippen LogP contribution is -1.95. The van der Waals surface area contributed by atoms with Crippen LogP contribution in [0.1, 0.15) is 11.7 Å². The summed E-state index contributed by atoms with van der Waals surface area (Å²) in [6.07, 6.45) is 0. The Labute approximate surface area is 104 Å². The number of nitrogens with two attached hydrogens (primary N) is 1. The highest BCUT2D eigenvalue weighted by Gasteiger charge is 2.14. The fourth-order valence-electron chi connectivity index (χ4n) is 1.60. The molecule has 0 fully saturated rings. The Kier molecular flexibility index (Phi) is 3.36. The van der Waals surface area contributed by atoms with Crippen LogP contribution in [0, 0.1) is 6.92 Å². The third kappa shape index (κ3) is 2.28. The predicted octanol–water partition coefficient (Wildman–Crippen LogP) is 2.77. The van der Waals surface area contributed by atoms with Crippen LogP contribution in [-0.2, 0) is 6.54 Å². The Hall–Kier alpha value is -1.52. The van der Waals surface area contributed by atoms with Gasteiger partial charge in [-0.2, -0.15) is 0 Å². The molecule has 2 rings (SSSR count). The van der Waals surface area contributed by atoms with E-state index in [0.29, 0.717) is 22.4 Å². The third-order valence-corrected chi connectivity index (χ3v) is 2.76. The molecule has 17 heavy (non-hydrogen) atoms. The summed E-state index contributed by atoms with van der Waals surface area (Å²) in [5.74, 6) is 1.92. The maximum absolute atomic E-state index is 6.17. The van der Waals surface area contributed by atoms with E-state index in [-0.39, 0.29) is 6.54 Å². The predicted molar refractivity (Wildman–Crippen MR) is 66.1 cm³/mol. The average molecular weight is 253 g/mol. The van der Waals surface area contributed by atoms with Crippen LogP contribution in [-0.4, -0.2) is 12.1 Å². The summed E-state index contributed by atoms with van der Waals surface area (Å²) in [5.41, 5.74) is 7.02. The molecule has 2 aromatic rings. The number of hydrogen-bond acceptors (Lipinski definition) is 4. The van der Waals surface area contributed by atoms with E-state index in [2.05, 4.69) is 4.98 Å². The van der Waals surface area contributed by atoms with E-state index in [0.717, 1.165) is 11.3 Å². The summed E-state index contributed by atoms with van der Waals surface area (Å²) in [6.45, 7) is 2.11. The largest absolute Gasteiger partial charge is 0.497 e. The zero-order valence-electron chi connectivity index (χ0n) is 9.66. The number of nitrogens with zero attached hydrogens (tertiary/aromatic N) is 1. The van der Waals surface area contributed by atoms with Crippen molar-refractivity contribution >= 4 is 11.6 Å². The van der Waals surface area contributed by atoms with E-state index in [1.165, 1.54) is 0 Å². The molecule has 0 aliphatic carbocycles. The minimum absolute atomic E-state index is 0.272. The Bertz CT molecular complexity index is 537. The minimum Gasteiger partial charge on any atom is -0.497 e. The third-order valence-electron chi connectivity index (χ3n) is 2.45. The summed E-state index contributed by atoms with van der Waals surface area (Å²) in [5, 5.41) is 0.573. The van der Waals surface area contributed by atoms with Gasteiger partial charge in [0, 0.05) is 5.56 Å². The van der Waals surface area contributed by atoms with Gasteiger partial charge < -0.3 is 14.9 Å². The van der Waals surface area contributed by atoms with Gasteiger partial charge in [0.2, 0.25) is 5.89 Å². The van der Waals surface area contributed by atoms with Crippen molar-refractivity contribution in [3.05, 3.63) is 34.9 Å². The number of rotatable bonds is 3. The van der Waals surface area contributed by atoms with Crippen LogP contribution in [0.5, 0.6) is 5.75 Å². The summed E-state index contributed by atoms with van der Waals surface area (Å²) >= 11 is 6.17. The van der Waals surface area contributed by atoms with Gasteiger partial charge in [-0.1, -0.05) is 11.6 Å². The molecule has 0 amide bonds. The number of aromatic nitrogens is 1. The monoisotopic (exact) mass is 252 g/mol. The second-order valence-electron chi connectivity index (χ2n) is 3.56. The van der Waals surface area contributed by atoms with Crippen LogP contribution < -0.4 is 10.5 Å². The summed E-state index contributed by atoms with van der Waals surface area (Å²) in [7, 11) is 1.60. The molecule has 1 aromatic carbocycles. The van der Waals surface area contributed by atoms with Crippen molar-refractivity contribution in [3.8, 4) is 17.0 Å². The number of ether oxygens (including phenoxy) is 1. The van der Waals surface area contributed by atoms with Crippen LogP contribution in [0.15, 0.2) is 22.6 Å². The van der Waals surface area contributed by atoms with E-state index in [4.69, 9.17) is 26.5 Å². The average Bonchev–Trinajstić information content (AvgIpc) is 2.70. The highest BCUT2D eigenvalue weighted by molar-refractivity contribution is 6.33. The Morgan fingerprint density at radius 2 is 2.24 bits per heavy atom. The normalized spacial score (nSPS) is 10.6. The van der Waals surface area contributed by atoms with Gasteiger partial charge in [0.25, 0.3) is 0 Å². The van der Waals surface area contributed by atoms with E-state index in [1.807, 2.05) is 19.1 Å². The van der Waals surface area contributed by atoms with Gasteiger partial charge in [0.1, 0.15) is 17.2 Å². The minimum atomic E-state index is 0.272. The van der Waals surface area contributed by atoms with Crippen LogP contribution in [0.4, 0.5) is 0 Å². The number of methoxy groups -OCH3 is 1. The van der Waals surface area contributed by atoms with Crippen molar-refractivity contribution in [2.75, 3.05) is 7.11 Å². The van der Waals surface area contributed by atoms with E-state index < -0.39 is 0 Å². The van der Waals surface area contributed by atoms with Gasteiger partial charge >= 0.3 is 0 Å². The number of aryl methyl sites for hydroxylation is 1. The molecule has 0 aliphatic rings. The molecule has 5 heteroatoms. The summed E-state index contributed by atoms with van der Waals surface area (Å²) in [4.78, 5) is 4.30. The lowest BCUT2D eigenvalue weighted by molar-refractivity contribution is 0.415. The number of benzene rings is 1. The highest BCUT2D eigenvalue weighted by atomic mass is 35.5. The maximum Gasteiger partial charge on any atom is 0.208 e. The first-order valence-corrected chi connectivity index (χ1v) is 5.53. The van der Waals surface area contributed by atoms with Crippen LogP contribution in [0.2, 0.25) is 5.02 Å². The van der Waals surface area contributed by atoms with Crippen LogP contribution in [0.3, 0.4) is 0 Å².